The minimum Gasteiger partial charge on any atom is -0.493 e. The van der Waals surface area contributed by atoms with Crippen molar-refractivity contribution in [2.75, 3.05) is 32.3 Å². The Balaban J connectivity index is 1.68. The Morgan fingerprint density at radius 2 is 1.68 bits per heavy atom. The molecule has 0 atom stereocenters. The number of amides is 1. The largest absolute Gasteiger partial charge is 0.493 e. The van der Waals surface area contributed by atoms with E-state index >= 15 is 0 Å². The fourth-order valence-corrected chi connectivity index (χ4v) is 3.38. The van der Waals surface area contributed by atoms with E-state index in [1.165, 1.54) is 13.2 Å². The van der Waals surface area contributed by atoms with Gasteiger partial charge in [-0.2, -0.15) is 0 Å². The topological polar surface area (TPSA) is 65.1 Å². The lowest BCUT2D eigenvalue weighted by Crippen LogP contribution is -2.34. The first-order valence-electron chi connectivity index (χ1n) is 9.93. The predicted molar refractivity (Wildman–Crippen MR) is 122 cm³/mol. The van der Waals surface area contributed by atoms with Gasteiger partial charge in [0.15, 0.2) is 18.1 Å². The van der Waals surface area contributed by atoms with Crippen LogP contribution in [-0.2, 0) is 14.3 Å². The fourth-order valence-electron chi connectivity index (χ4n) is 3.38. The van der Waals surface area contributed by atoms with E-state index in [1.807, 2.05) is 49.4 Å². The van der Waals surface area contributed by atoms with Crippen LogP contribution in [0.2, 0.25) is 0 Å². The SMILES string of the molecule is CCN(C(=O)COC(=O)/C=C/c1cccc(OC)c1OC)c1cccc2ccccc12. The van der Waals surface area contributed by atoms with Gasteiger partial charge in [0.1, 0.15) is 0 Å². The first-order chi connectivity index (χ1) is 15.1. The molecule has 0 unspecified atom stereocenters. The molecule has 0 saturated carbocycles. The van der Waals surface area contributed by atoms with E-state index in [9.17, 15) is 9.59 Å². The van der Waals surface area contributed by atoms with Crippen molar-refractivity contribution in [2.45, 2.75) is 6.92 Å². The molecule has 0 spiro atoms. The third-order valence-corrected chi connectivity index (χ3v) is 4.84. The molecular weight excluding hydrogens is 394 g/mol. The summed E-state index contributed by atoms with van der Waals surface area (Å²) < 4.78 is 15.8. The van der Waals surface area contributed by atoms with E-state index in [1.54, 1.807) is 36.3 Å². The van der Waals surface area contributed by atoms with E-state index in [0.29, 0.717) is 23.6 Å². The van der Waals surface area contributed by atoms with Crippen molar-refractivity contribution in [1.82, 2.24) is 0 Å². The number of rotatable bonds is 8. The molecule has 0 radical (unpaired) electrons. The number of fused-ring (bicyclic) bond motifs is 1. The summed E-state index contributed by atoms with van der Waals surface area (Å²) in [7, 11) is 3.07. The number of ether oxygens (including phenoxy) is 3. The lowest BCUT2D eigenvalue weighted by Gasteiger charge is -2.22. The number of carbonyl (C=O) groups is 2. The van der Waals surface area contributed by atoms with Gasteiger partial charge in [-0.05, 0) is 30.5 Å². The number of carbonyl (C=O) groups excluding carboxylic acids is 2. The Kier molecular flexibility index (Phi) is 7.27. The van der Waals surface area contributed by atoms with Gasteiger partial charge < -0.3 is 19.1 Å². The first-order valence-corrected chi connectivity index (χ1v) is 9.93. The summed E-state index contributed by atoms with van der Waals surface area (Å²) in [6, 6.07) is 19.0. The smallest absolute Gasteiger partial charge is 0.331 e. The molecule has 0 bridgehead atoms. The monoisotopic (exact) mass is 419 g/mol. The highest BCUT2D eigenvalue weighted by atomic mass is 16.5. The quantitative estimate of drug-likeness (QED) is 0.398. The van der Waals surface area contributed by atoms with Gasteiger partial charge in [0, 0.05) is 23.6 Å². The van der Waals surface area contributed by atoms with Crippen LogP contribution in [0.25, 0.3) is 16.8 Å². The standard InChI is InChI=1S/C25H25NO5/c1-4-26(21-13-7-10-18-9-5-6-12-20(18)21)23(27)17-31-24(28)16-15-19-11-8-14-22(29-2)25(19)30-3/h5-16H,4,17H2,1-3H3/b16-15+. The molecule has 0 aromatic heterocycles. The molecule has 0 fully saturated rings. The van der Waals surface area contributed by atoms with Gasteiger partial charge in [-0.3, -0.25) is 4.79 Å². The molecule has 0 N–H and O–H groups in total. The molecule has 0 aliphatic rings. The van der Waals surface area contributed by atoms with Crippen LogP contribution in [0.1, 0.15) is 12.5 Å². The Morgan fingerprint density at radius 1 is 0.935 bits per heavy atom. The molecule has 3 aromatic carbocycles. The van der Waals surface area contributed by atoms with Gasteiger partial charge in [-0.1, -0.05) is 48.5 Å². The van der Waals surface area contributed by atoms with Crippen molar-refractivity contribution >= 4 is 34.4 Å². The normalized spacial score (nSPS) is 10.8. The number of likely N-dealkylation sites (N-methyl/N-ethyl adjacent to an activating group) is 1. The summed E-state index contributed by atoms with van der Waals surface area (Å²) in [6.07, 6.45) is 2.83. The summed E-state index contributed by atoms with van der Waals surface area (Å²) in [6.45, 7) is 1.99. The summed E-state index contributed by atoms with van der Waals surface area (Å²) in [5.74, 6) is 0.159. The van der Waals surface area contributed by atoms with Gasteiger partial charge in [-0.25, -0.2) is 4.79 Å². The van der Waals surface area contributed by atoms with Crippen LogP contribution in [0.3, 0.4) is 0 Å². The van der Waals surface area contributed by atoms with Gasteiger partial charge in [-0.15, -0.1) is 0 Å². The number of benzene rings is 3. The Bertz CT molecular complexity index is 1100. The van der Waals surface area contributed by atoms with Crippen molar-refractivity contribution in [3.05, 3.63) is 72.3 Å². The third-order valence-electron chi connectivity index (χ3n) is 4.84. The van der Waals surface area contributed by atoms with Crippen LogP contribution in [0.5, 0.6) is 11.5 Å². The average Bonchev–Trinajstić information content (AvgIpc) is 2.81. The zero-order chi connectivity index (χ0) is 22.2. The molecule has 6 nitrogen and oxygen atoms in total. The van der Waals surface area contributed by atoms with Crippen LogP contribution in [0.15, 0.2) is 66.7 Å². The molecule has 0 heterocycles. The molecule has 0 saturated heterocycles. The van der Waals surface area contributed by atoms with Gasteiger partial charge in [0.05, 0.1) is 19.9 Å². The lowest BCUT2D eigenvalue weighted by atomic mass is 10.1. The second-order valence-corrected chi connectivity index (χ2v) is 6.66. The number of esters is 1. The first kappa shape index (κ1) is 21.9. The number of hydrogen-bond donors (Lipinski definition) is 0. The molecule has 0 aliphatic carbocycles. The van der Waals surface area contributed by atoms with Crippen molar-refractivity contribution < 1.29 is 23.8 Å². The van der Waals surface area contributed by atoms with Crippen LogP contribution in [-0.4, -0.2) is 39.2 Å². The van der Waals surface area contributed by atoms with Crippen LogP contribution in [0, 0.1) is 0 Å². The maximum absolute atomic E-state index is 12.8. The number of para-hydroxylation sites is 1. The van der Waals surface area contributed by atoms with Crippen molar-refractivity contribution in [3.63, 3.8) is 0 Å². The number of methoxy groups -OCH3 is 2. The highest BCUT2D eigenvalue weighted by molar-refractivity contribution is 6.04. The summed E-state index contributed by atoms with van der Waals surface area (Å²) >= 11 is 0. The Labute approximate surface area is 181 Å². The van der Waals surface area contributed by atoms with Gasteiger partial charge in [0.25, 0.3) is 5.91 Å². The Hall–Kier alpha value is -3.80. The van der Waals surface area contributed by atoms with Crippen molar-refractivity contribution in [2.24, 2.45) is 0 Å². The van der Waals surface area contributed by atoms with E-state index < -0.39 is 5.97 Å². The molecule has 6 heteroatoms. The maximum Gasteiger partial charge on any atom is 0.331 e. The maximum atomic E-state index is 12.8. The summed E-state index contributed by atoms with van der Waals surface area (Å²) in [5.41, 5.74) is 1.45. The number of nitrogens with zero attached hydrogens (tertiary/aromatic N) is 1. The molecule has 160 valence electrons. The second-order valence-electron chi connectivity index (χ2n) is 6.66. The van der Waals surface area contributed by atoms with Crippen molar-refractivity contribution in [1.29, 1.82) is 0 Å². The van der Waals surface area contributed by atoms with E-state index in [-0.39, 0.29) is 12.5 Å². The summed E-state index contributed by atoms with van der Waals surface area (Å²) in [5, 5.41) is 2.01. The number of hydrogen-bond acceptors (Lipinski definition) is 5. The molecule has 0 aliphatic heterocycles. The molecule has 3 rings (SSSR count). The predicted octanol–water partition coefficient (Wildman–Crippen LogP) is 4.47. The highest BCUT2D eigenvalue weighted by Gasteiger charge is 2.17. The zero-order valence-corrected chi connectivity index (χ0v) is 17.8. The van der Waals surface area contributed by atoms with Crippen LogP contribution < -0.4 is 14.4 Å². The third kappa shape index (κ3) is 5.04. The minimum atomic E-state index is -0.618. The van der Waals surface area contributed by atoms with Crippen LogP contribution in [0.4, 0.5) is 5.69 Å². The van der Waals surface area contributed by atoms with Crippen molar-refractivity contribution in [3.8, 4) is 11.5 Å². The minimum absolute atomic E-state index is 0.292. The molecule has 1 amide bonds. The Morgan fingerprint density at radius 3 is 2.42 bits per heavy atom. The highest BCUT2D eigenvalue weighted by Crippen LogP contribution is 2.31. The fraction of sp³-hybridized carbons (Fsp3) is 0.200. The van der Waals surface area contributed by atoms with E-state index in [2.05, 4.69) is 0 Å². The molecule has 3 aromatic rings. The molecular formula is C25H25NO5. The van der Waals surface area contributed by atoms with E-state index in [0.717, 1.165) is 16.5 Å². The van der Waals surface area contributed by atoms with E-state index in [4.69, 9.17) is 14.2 Å². The average molecular weight is 419 g/mol. The van der Waals surface area contributed by atoms with Crippen LogP contribution >= 0.6 is 0 Å². The zero-order valence-electron chi connectivity index (χ0n) is 17.8. The second kappa shape index (κ2) is 10.3. The lowest BCUT2D eigenvalue weighted by molar-refractivity contribution is -0.142. The summed E-state index contributed by atoms with van der Waals surface area (Å²) in [4.78, 5) is 26.6. The van der Waals surface area contributed by atoms with Gasteiger partial charge >= 0.3 is 5.97 Å². The number of anilines is 1. The molecule has 31 heavy (non-hydrogen) atoms. The van der Waals surface area contributed by atoms with Gasteiger partial charge in [0.2, 0.25) is 0 Å².